The van der Waals surface area contributed by atoms with E-state index in [4.69, 9.17) is 15.9 Å². The Labute approximate surface area is 106 Å². The molecule has 0 saturated heterocycles. The van der Waals surface area contributed by atoms with Crippen LogP contribution in [0.25, 0.3) is 0 Å². The first-order valence-corrected chi connectivity index (χ1v) is 5.71. The molecule has 0 spiro atoms. The predicted octanol–water partition coefficient (Wildman–Crippen LogP) is 1.33. The number of nitrogens with one attached hydrogen (secondary N) is 1. The van der Waals surface area contributed by atoms with Gasteiger partial charge in [-0.3, -0.25) is 10.1 Å². The average Bonchev–Trinajstić information content (AvgIpc) is 2.76. The molecule has 0 saturated carbocycles. The lowest BCUT2D eigenvalue weighted by Crippen LogP contribution is -2.14. The summed E-state index contributed by atoms with van der Waals surface area (Å²) in [6.07, 6.45) is 2.53. The van der Waals surface area contributed by atoms with Crippen LogP contribution in [0.1, 0.15) is 11.3 Å². The average molecular weight is 244 g/mol. The molecule has 5 heteroatoms. The molecule has 2 aromatic rings. The summed E-state index contributed by atoms with van der Waals surface area (Å²) in [5.41, 5.74) is 7.23. The highest BCUT2D eigenvalue weighted by Gasteiger charge is 2.06. The SMILES string of the molecule is Cn1nccc1CCOc1ccccc1C(=N)N. The van der Waals surface area contributed by atoms with Gasteiger partial charge in [0.2, 0.25) is 0 Å². The highest BCUT2D eigenvalue weighted by Crippen LogP contribution is 2.17. The quantitative estimate of drug-likeness (QED) is 0.615. The maximum Gasteiger partial charge on any atom is 0.130 e. The number of benzene rings is 1. The van der Waals surface area contributed by atoms with Gasteiger partial charge in [0, 0.05) is 25.4 Å². The maximum atomic E-state index is 7.47. The van der Waals surface area contributed by atoms with Crippen LogP contribution in [0, 0.1) is 5.41 Å². The second kappa shape index (κ2) is 5.35. The van der Waals surface area contributed by atoms with Gasteiger partial charge in [0.25, 0.3) is 0 Å². The lowest BCUT2D eigenvalue weighted by Gasteiger charge is -2.10. The van der Waals surface area contributed by atoms with Crippen molar-refractivity contribution in [1.82, 2.24) is 9.78 Å². The van der Waals surface area contributed by atoms with Crippen LogP contribution < -0.4 is 10.5 Å². The molecule has 5 nitrogen and oxygen atoms in total. The zero-order valence-electron chi connectivity index (χ0n) is 10.3. The summed E-state index contributed by atoms with van der Waals surface area (Å²) in [5.74, 6) is 0.665. The molecular formula is C13H16N4O. The van der Waals surface area contributed by atoms with Crippen molar-refractivity contribution in [3.8, 4) is 5.75 Å². The van der Waals surface area contributed by atoms with Crippen molar-refractivity contribution in [3.63, 3.8) is 0 Å². The van der Waals surface area contributed by atoms with E-state index in [1.807, 2.05) is 36.0 Å². The van der Waals surface area contributed by atoms with Crippen molar-refractivity contribution in [2.75, 3.05) is 6.61 Å². The highest BCUT2D eigenvalue weighted by molar-refractivity contribution is 5.97. The molecule has 1 aromatic heterocycles. The molecule has 2 rings (SSSR count). The number of hydrogen-bond acceptors (Lipinski definition) is 3. The van der Waals surface area contributed by atoms with Crippen molar-refractivity contribution in [2.45, 2.75) is 6.42 Å². The second-order valence-corrected chi connectivity index (χ2v) is 3.95. The Morgan fingerprint density at radius 1 is 1.39 bits per heavy atom. The van der Waals surface area contributed by atoms with E-state index in [1.54, 1.807) is 12.3 Å². The summed E-state index contributed by atoms with van der Waals surface area (Å²) in [4.78, 5) is 0. The number of nitrogens with zero attached hydrogens (tertiary/aromatic N) is 2. The minimum absolute atomic E-state index is 0.0196. The molecule has 0 fully saturated rings. The molecule has 3 N–H and O–H groups in total. The largest absolute Gasteiger partial charge is 0.492 e. The fourth-order valence-electron chi connectivity index (χ4n) is 1.73. The molecule has 0 radical (unpaired) electrons. The van der Waals surface area contributed by atoms with Gasteiger partial charge >= 0.3 is 0 Å². The zero-order chi connectivity index (χ0) is 13.0. The van der Waals surface area contributed by atoms with Crippen LogP contribution in [0.4, 0.5) is 0 Å². The standard InChI is InChI=1S/C13H16N4O/c1-17-10(6-8-16-17)7-9-18-12-5-3-2-4-11(12)13(14)15/h2-6,8H,7,9H2,1H3,(H3,14,15). The summed E-state index contributed by atoms with van der Waals surface area (Å²) in [6, 6.07) is 9.26. The summed E-state index contributed by atoms with van der Waals surface area (Å²) >= 11 is 0. The number of aryl methyl sites for hydroxylation is 1. The fourth-order valence-corrected chi connectivity index (χ4v) is 1.73. The minimum atomic E-state index is 0.0196. The van der Waals surface area contributed by atoms with Crippen LogP contribution in [0.2, 0.25) is 0 Å². The third-order valence-electron chi connectivity index (χ3n) is 2.72. The van der Waals surface area contributed by atoms with Crippen LogP contribution in [-0.2, 0) is 13.5 Å². The number of ether oxygens (including phenoxy) is 1. The van der Waals surface area contributed by atoms with E-state index in [2.05, 4.69) is 5.10 Å². The molecule has 0 aliphatic rings. The number of aromatic nitrogens is 2. The summed E-state index contributed by atoms with van der Waals surface area (Å²) in [7, 11) is 1.90. The molecule has 0 bridgehead atoms. The first-order valence-electron chi connectivity index (χ1n) is 5.71. The van der Waals surface area contributed by atoms with Crippen molar-refractivity contribution >= 4 is 5.84 Å². The van der Waals surface area contributed by atoms with Gasteiger partial charge in [-0.1, -0.05) is 12.1 Å². The van der Waals surface area contributed by atoms with Crippen LogP contribution >= 0.6 is 0 Å². The first-order chi connectivity index (χ1) is 8.68. The van der Waals surface area contributed by atoms with Crippen molar-refractivity contribution in [3.05, 3.63) is 47.8 Å². The first kappa shape index (κ1) is 12.2. The highest BCUT2D eigenvalue weighted by atomic mass is 16.5. The van der Waals surface area contributed by atoms with E-state index >= 15 is 0 Å². The van der Waals surface area contributed by atoms with Crippen LogP contribution in [0.5, 0.6) is 5.75 Å². The fraction of sp³-hybridized carbons (Fsp3) is 0.231. The molecule has 1 heterocycles. The summed E-state index contributed by atoms with van der Waals surface area (Å²) in [5, 5.41) is 11.6. The van der Waals surface area contributed by atoms with Gasteiger partial charge < -0.3 is 10.5 Å². The number of para-hydroxylation sites is 1. The molecule has 0 aliphatic heterocycles. The lowest BCUT2D eigenvalue weighted by atomic mass is 10.2. The van der Waals surface area contributed by atoms with E-state index < -0.39 is 0 Å². The van der Waals surface area contributed by atoms with Crippen molar-refractivity contribution < 1.29 is 4.74 Å². The van der Waals surface area contributed by atoms with Crippen LogP contribution in [0.3, 0.4) is 0 Å². The lowest BCUT2D eigenvalue weighted by molar-refractivity contribution is 0.318. The van der Waals surface area contributed by atoms with E-state index in [0.29, 0.717) is 17.9 Å². The Balaban J connectivity index is 1.99. The predicted molar refractivity (Wildman–Crippen MR) is 69.9 cm³/mol. The Bertz CT molecular complexity index is 547. The minimum Gasteiger partial charge on any atom is -0.492 e. The van der Waals surface area contributed by atoms with Crippen molar-refractivity contribution in [1.29, 1.82) is 5.41 Å². The van der Waals surface area contributed by atoms with Gasteiger partial charge in [-0.15, -0.1) is 0 Å². The van der Waals surface area contributed by atoms with E-state index in [1.165, 1.54) is 0 Å². The van der Waals surface area contributed by atoms with Gasteiger partial charge in [0.05, 0.1) is 12.2 Å². The molecule has 18 heavy (non-hydrogen) atoms. The topological polar surface area (TPSA) is 76.9 Å². The third kappa shape index (κ3) is 2.68. The summed E-state index contributed by atoms with van der Waals surface area (Å²) < 4.78 is 7.48. The van der Waals surface area contributed by atoms with Crippen LogP contribution in [-0.4, -0.2) is 22.2 Å². The van der Waals surface area contributed by atoms with Gasteiger partial charge in [-0.05, 0) is 18.2 Å². The van der Waals surface area contributed by atoms with Crippen molar-refractivity contribution in [2.24, 2.45) is 12.8 Å². The Morgan fingerprint density at radius 2 is 2.17 bits per heavy atom. The van der Waals surface area contributed by atoms with E-state index in [-0.39, 0.29) is 5.84 Å². The number of amidine groups is 1. The number of rotatable bonds is 5. The van der Waals surface area contributed by atoms with Gasteiger partial charge in [0.1, 0.15) is 11.6 Å². The molecule has 94 valence electrons. The maximum absolute atomic E-state index is 7.47. The molecule has 0 aliphatic carbocycles. The van der Waals surface area contributed by atoms with E-state index in [9.17, 15) is 0 Å². The Morgan fingerprint density at radius 3 is 2.83 bits per heavy atom. The molecule has 1 aromatic carbocycles. The molecular weight excluding hydrogens is 228 g/mol. The number of hydrogen-bond donors (Lipinski definition) is 2. The van der Waals surface area contributed by atoms with Gasteiger partial charge in [-0.25, -0.2) is 0 Å². The van der Waals surface area contributed by atoms with Gasteiger partial charge in [0.15, 0.2) is 0 Å². The second-order valence-electron chi connectivity index (χ2n) is 3.95. The Kier molecular flexibility index (Phi) is 3.62. The smallest absolute Gasteiger partial charge is 0.130 e. The number of nitrogen functional groups attached to an aromatic ring is 1. The number of nitrogens with two attached hydrogens (primary N) is 1. The zero-order valence-corrected chi connectivity index (χ0v) is 10.3. The Hall–Kier alpha value is -2.30. The monoisotopic (exact) mass is 244 g/mol. The molecule has 0 unspecified atom stereocenters. The normalized spacial score (nSPS) is 10.3. The van der Waals surface area contributed by atoms with Gasteiger partial charge in [-0.2, -0.15) is 5.10 Å². The third-order valence-corrected chi connectivity index (χ3v) is 2.72. The molecule has 0 amide bonds. The van der Waals surface area contributed by atoms with E-state index in [0.717, 1.165) is 12.1 Å². The molecule has 0 atom stereocenters. The summed E-state index contributed by atoms with van der Waals surface area (Å²) in [6.45, 7) is 0.532. The van der Waals surface area contributed by atoms with Crippen LogP contribution in [0.15, 0.2) is 36.5 Å².